The quantitative estimate of drug-likeness (QED) is 0.611. The summed E-state index contributed by atoms with van der Waals surface area (Å²) in [5.41, 5.74) is 2.74. The number of carbonyl (C=O) groups excluding carboxylic acids is 1. The number of benzene rings is 2. The second-order valence-electron chi connectivity index (χ2n) is 6.04. The van der Waals surface area contributed by atoms with Crippen LogP contribution in [0.5, 0.6) is 5.75 Å². The van der Waals surface area contributed by atoms with Crippen molar-refractivity contribution in [3.8, 4) is 11.4 Å². The first-order chi connectivity index (χ1) is 12.9. The summed E-state index contributed by atoms with van der Waals surface area (Å²) >= 11 is 9.55. The summed E-state index contributed by atoms with van der Waals surface area (Å²) in [7, 11) is 0. The highest BCUT2D eigenvalue weighted by Gasteiger charge is 2.13. The molecule has 27 heavy (non-hydrogen) atoms. The Bertz CT molecular complexity index is 906. The molecule has 2 aromatic carbocycles. The topological polar surface area (TPSA) is 69.0 Å². The van der Waals surface area contributed by atoms with E-state index in [1.807, 2.05) is 44.2 Å². The molecule has 0 bridgehead atoms. The van der Waals surface area contributed by atoms with Gasteiger partial charge in [-0.05, 0) is 49.2 Å². The van der Waals surface area contributed by atoms with Gasteiger partial charge < -0.3 is 10.1 Å². The Kier molecular flexibility index (Phi) is 6.13. The third-order valence-corrected chi connectivity index (χ3v) is 4.73. The zero-order valence-corrected chi connectivity index (χ0v) is 17.2. The van der Waals surface area contributed by atoms with Gasteiger partial charge in [0.1, 0.15) is 18.4 Å². The van der Waals surface area contributed by atoms with E-state index in [1.54, 1.807) is 17.1 Å². The lowest BCUT2D eigenvalue weighted by Crippen LogP contribution is -2.31. The lowest BCUT2D eigenvalue weighted by atomic mass is 10.1. The Balaban J connectivity index is 1.58. The molecule has 0 fully saturated rings. The van der Waals surface area contributed by atoms with E-state index in [1.165, 1.54) is 6.33 Å². The lowest BCUT2D eigenvalue weighted by molar-refractivity contribution is -0.123. The van der Waals surface area contributed by atoms with Crippen LogP contribution in [0.25, 0.3) is 5.69 Å². The monoisotopic (exact) mass is 448 g/mol. The molecule has 1 N–H and O–H groups in total. The maximum Gasteiger partial charge on any atom is 0.258 e. The van der Waals surface area contributed by atoms with E-state index in [9.17, 15) is 4.79 Å². The van der Waals surface area contributed by atoms with Gasteiger partial charge in [-0.25, -0.2) is 9.67 Å². The van der Waals surface area contributed by atoms with E-state index in [0.717, 1.165) is 21.3 Å². The summed E-state index contributed by atoms with van der Waals surface area (Å²) in [5, 5.41) is 7.47. The number of nitrogens with one attached hydrogen (secondary N) is 1. The van der Waals surface area contributed by atoms with Crippen LogP contribution < -0.4 is 10.1 Å². The summed E-state index contributed by atoms with van der Waals surface area (Å²) in [6.45, 7) is 3.69. The van der Waals surface area contributed by atoms with Gasteiger partial charge in [0.05, 0.1) is 16.8 Å². The third-order valence-electron chi connectivity index (χ3n) is 4.00. The van der Waals surface area contributed by atoms with Crippen LogP contribution in [0, 0.1) is 6.92 Å². The van der Waals surface area contributed by atoms with Crippen molar-refractivity contribution in [1.82, 2.24) is 20.1 Å². The van der Waals surface area contributed by atoms with Crippen LogP contribution in [-0.4, -0.2) is 27.3 Å². The fraction of sp³-hybridized carbons (Fsp3) is 0.211. The highest BCUT2D eigenvalue weighted by atomic mass is 79.9. The van der Waals surface area contributed by atoms with Gasteiger partial charge in [-0.1, -0.05) is 39.7 Å². The van der Waals surface area contributed by atoms with Gasteiger partial charge in [0, 0.05) is 4.47 Å². The van der Waals surface area contributed by atoms with E-state index in [0.29, 0.717) is 10.8 Å². The zero-order valence-electron chi connectivity index (χ0n) is 14.8. The minimum absolute atomic E-state index is 0.108. The SMILES string of the molecule is Cc1cc(Br)cc(Cl)c1OCC(=O)N[C@H](C)c1ccc(-n2cncn2)cc1. The number of hydrogen-bond donors (Lipinski definition) is 1. The second-order valence-corrected chi connectivity index (χ2v) is 7.37. The molecule has 0 aliphatic rings. The average molecular weight is 450 g/mol. The smallest absolute Gasteiger partial charge is 0.258 e. The molecule has 3 rings (SSSR count). The van der Waals surface area contributed by atoms with E-state index < -0.39 is 0 Å². The number of hydrogen-bond acceptors (Lipinski definition) is 4. The molecule has 3 aromatic rings. The molecule has 0 saturated heterocycles. The van der Waals surface area contributed by atoms with Crippen molar-refractivity contribution in [2.75, 3.05) is 6.61 Å². The lowest BCUT2D eigenvalue weighted by Gasteiger charge is -2.16. The molecule has 1 atom stereocenters. The predicted octanol–water partition coefficient (Wildman–Crippen LogP) is 4.25. The first-order valence-corrected chi connectivity index (χ1v) is 9.44. The van der Waals surface area contributed by atoms with Gasteiger partial charge in [0.25, 0.3) is 5.91 Å². The van der Waals surface area contributed by atoms with Crippen molar-refractivity contribution in [2.45, 2.75) is 19.9 Å². The van der Waals surface area contributed by atoms with Gasteiger partial charge in [-0.3, -0.25) is 4.79 Å². The van der Waals surface area contributed by atoms with Crippen LogP contribution in [0.2, 0.25) is 5.02 Å². The Morgan fingerprint density at radius 2 is 2.07 bits per heavy atom. The molecular formula is C19H18BrClN4O2. The number of rotatable bonds is 6. The van der Waals surface area contributed by atoms with Gasteiger partial charge >= 0.3 is 0 Å². The Morgan fingerprint density at radius 1 is 1.33 bits per heavy atom. The summed E-state index contributed by atoms with van der Waals surface area (Å²) in [6.07, 6.45) is 3.11. The fourth-order valence-electron chi connectivity index (χ4n) is 2.63. The molecule has 0 unspecified atom stereocenters. The Labute approximate surface area is 170 Å². The molecule has 1 aromatic heterocycles. The molecule has 1 amide bonds. The van der Waals surface area contributed by atoms with Crippen molar-refractivity contribution in [1.29, 1.82) is 0 Å². The predicted molar refractivity (Wildman–Crippen MR) is 107 cm³/mol. The number of aryl methyl sites for hydroxylation is 1. The molecule has 8 heteroatoms. The van der Waals surface area contributed by atoms with Crippen molar-refractivity contribution >= 4 is 33.4 Å². The number of aromatic nitrogens is 3. The number of carbonyl (C=O) groups is 1. The van der Waals surface area contributed by atoms with Crippen molar-refractivity contribution in [3.05, 3.63) is 69.7 Å². The van der Waals surface area contributed by atoms with Crippen molar-refractivity contribution < 1.29 is 9.53 Å². The summed E-state index contributed by atoms with van der Waals surface area (Å²) in [6, 6.07) is 11.2. The van der Waals surface area contributed by atoms with Gasteiger partial charge in [-0.2, -0.15) is 5.10 Å². The molecule has 0 aliphatic carbocycles. The normalized spacial score (nSPS) is 11.9. The first kappa shape index (κ1) is 19.4. The number of halogens is 2. The third kappa shape index (κ3) is 4.87. The van der Waals surface area contributed by atoms with E-state index in [-0.39, 0.29) is 18.6 Å². The van der Waals surface area contributed by atoms with Gasteiger partial charge in [0.15, 0.2) is 6.61 Å². The molecule has 0 aliphatic heterocycles. The second kappa shape index (κ2) is 8.54. The van der Waals surface area contributed by atoms with Gasteiger partial charge in [0.2, 0.25) is 0 Å². The molecule has 6 nitrogen and oxygen atoms in total. The van der Waals surface area contributed by atoms with Crippen LogP contribution in [0.15, 0.2) is 53.5 Å². The first-order valence-electron chi connectivity index (χ1n) is 8.27. The summed E-state index contributed by atoms with van der Waals surface area (Å²) in [5.74, 6) is 0.293. The highest BCUT2D eigenvalue weighted by molar-refractivity contribution is 9.10. The highest BCUT2D eigenvalue weighted by Crippen LogP contribution is 2.31. The van der Waals surface area contributed by atoms with Crippen molar-refractivity contribution in [2.24, 2.45) is 0 Å². The summed E-state index contributed by atoms with van der Waals surface area (Å²) < 4.78 is 8.14. The van der Waals surface area contributed by atoms with Crippen LogP contribution in [0.1, 0.15) is 24.1 Å². The molecular weight excluding hydrogens is 432 g/mol. The molecule has 0 radical (unpaired) electrons. The number of ether oxygens (including phenoxy) is 1. The van der Waals surface area contributed by atoms with Crippen LogP contribution >= 0.6 is 27.5 Å². The standard InChI is InChI=1S/C19H18BrClN4O2/c1-12-7-15(20)8-17(21)19(12)27-9-18(26)24-13(2)14-3-5-16(6-4-14)25-11-22-10-23-25/h3-8,10-11,13H,9H2,1-2H3,(H,24,26)/t13-/m1/s1. The summed E-state index contributed by atoms with van der Waals surface area (Å²) in [4.78, 5) is 16.2. The Hall–Kier alpha value is -2.38. The number of amides is 1. The molecule has 0 spiro atoms. The Morgan fingerprint density at radius 3 is 2.70 bits per heavy atom. The van der Waals surface area contributed by atoms with E-state index in [4.69, 9.17) is 16.3 Å². The maximum atomic E-state index is 12.2. The van der Waals surface area contributed by atoms with Crippen LogP contribution in [0.3, 0.4) is 0 Å². The molecule has 140 valence electrons. The van der Waals surface area contributed by atoms with Crippen LogP contribution in [-0.2, 0) is 4.79 Å². The largest absolute Gasteiger partial charge is 0.482 e. The maximum absolute atomic E-state index is 12.2. The van der Waals surface area contributed by atoms with E-state index in [2.05, 4.69) is 31.3 Å². The fourth-order valence-corrected chi connectivity index (χ4v) is 3.66. The van der Waals surface area contributed by atoms with Crippen LogP contribution in [0.4, 0.5) is 0 Å². The molecule has 0 saturated carbocycles. The zero-order chi connectivity index (χ0) is 19.4. The number of nitrogens with zero attached hydrogens (tertiary/aromatic N) is 3. The minimum atomic E-state index is -0.221. The van der Waals surface area contributed by atoms with Crippen molar-refractivity contribution in [3.63, 3.8) is 0 Å². The average Bonchev–Trinajstić information content (AvgIpc) is 3.15. The van der Waals surface area contributed by atoms with Gasteiger partial charge in [-0.15, -0.1) is 0 Å². The van der Waals surface area contributed by atoms with E-state index >= 15 is 0 Å². The minimum Gasteiger partial charge on any atom is -0.482 e. The molecule has 1 heterocycles.